The van der Waals surface area contributed by atoms with E-state index in [1.54, 1.807) is 6.92 Å². The minimum atomic E-state index is -0.971. The molecule has 2 heterocycles. The molecule has 5 unspecified atom stereocenters. The number of hydroxylamine groups is 5. The first-order valence-electron chi connectivity index (χ1n) is 5.86. The van der Waals surface area contributed by atoms with Gasteiger partial charge in [-0.25, -0.2) is 0 Å². The minimum absolute atomic E-state index is 0.0377. The molecule has 0 aliphatic carbocycles. The molecule has 2 aliphatic heterocycles. The summed E-state index contributed by atoms with van der Waals surface area (Å²) in [5, 5.41) is 32.9. The van der Waals surface area contributed by atoms with Crippen LogP contribution in [0.3, 0.4) is 0 Å². The number of thioether (sulfide) groups is 1. The Balaban J connectivity index is 2.15. The van der Waals surface area contributed by atoms with E-state index in [4.69, 9.17) is 5.11 Å². The Morgan fingerprint density at radius 1 is 1.67 bits per heavy atom. The zero-order chi connectivity index (χ0) is 13.5. The summed E-state index contributed by atoms with van der Waals surface area (Å²) < 4.78 is -0.667. The fourth-order valence-electron chi connectivity index (χ4n) is 2.77. The quantitative estimate of drug-likeness (QED) is 0.502. The van der Waals surface area contributed by atoms with E-state index in [2.05, 4.69) is 0 Å². The molecular formula is C10H16N2O5S. The number of hydrogen-bond donors (Lipinski definition) is 2. The number of rotatable bonds is 3. The van der Waals surface area contributed by atoms with E-state index in [1.807, 2.05) is 0 Å². The molecule has 0 saturated carbocycles. The number of nitrogens with zero attached hydrogens (tertiary/aromatic N) is 1. The molecule has 0 radical (unpaired) electrons. The number of piperazine rings is 1. The smallest absolute Gasteiger partial charge is 0.303 e. The predicted molar refractivity (Wildman–Crippen MR) is 64.2 cm³/mol. The molecule has 2 N–H and O–H groups in total. The van der Waals surface area contributed by atoms with Gasteiger partial charge in [-0.2, -0.15) is 0 Å². The summed E-state index contributed by atoms with van der Waals surface area (Å²) in [4.78, 5) is 22.1. The normalized spacial score (nSPS) is 43.8. The highest BCUT2D eigenvalue weighted by Gasteiger charge is 2.55. The molecule has 0 aromatic heterocycles. The summed E-state index contributed by atoms with van der Waals surface area (Å²) in [6.07, 6.45) is 0.0651. The van der Waals surface area contributed by atoms with E-state index in [0.717, 1.165) is 11.8 Å². The molecule has 18 heavy (non-hydrogen) atoms. The van der Waals surface area contributed by atoms with Gasteiger partial charge in [0, 0.05) is 6.42 Å². The van der Waals surface area contributed by atoms with Gasteiger partial charge in [-0.15, -0.1) is 0 Å². The van der Waals surface area contributed by atoms with Crippen LogP contribution in [0.5, 0.6) is 0 Å². The molecule has 2 aliphatic rings. The van der Waals surface area contributed by atoms with Gasteiger partial charge in [-0.1, -0.05) is 0 Å². The van der Waals surface area contributed by atoms with Crippen LogP contribution in [-0.4, -0.2) is 51.4 Å². The van der Waals surface area contributed by atoms with Crippen molar-refractivity contribution >= 4 is 22.8 Å². The van der Waals surface area contributed by atoms with Crippen molar-refractivity contribution in [3.05, 3.63) is 10.4 Å². The van der Waals surface area contributed by atoms with Crippen LogP contribution in [0, 0.1) is 10.4 Å². The zero-order valence-electron chi connectivity index (χ0n) is 10.00. The molecule has 5 atom stereocenters. The van der Waals surface area contributed by atoms with Crippen molar-refractivity contribution in [2.24, 2.45) is 0 Å². The van der Waals surface area contributed by atoms with Gasteiger partial charge in [0.1, 0.15) is 24.5 Å². The Hall–Kier alpha value is -0.670. The van der Waals surface area contributed by atoms with Crippen molar-refractivity contribution in [3.63, 3.8) is 0 Å². The van der Waals surface area contributed by atoms with Gasteiger partial charge < -0.3 is 25.2 Å². The fourth-order valence-corrected chi connectivity index (χ4v) is 3.96. The lowest BCUT2D eigenvalue weighted by molar-refractivity contribution is -1.02. The summed E-state index contributed by atoms with van der Waals surface area (Å²) in [5.74, 6) is -0.830. The summed E-state index contributed by atoms with van der Waals surface area (Å²) in [7, 11) is 0. The van der Waals surface area contributed by atoms with Crippen molar-refractivity contribution in [1.82, 2.24) is 0 Å². The first kappa shape index (κ1) is 13.8. The van der Waals surface area contributed by atoms with Crippen LogP contribution < -0.4 is 5.06 Å². The number of carboxylic acids is 1. The highest BCUT2D eigenvalue weighted by Crippen LogP contribution is 2.35. The van der Waals surface area contributed by atoms with E-state index >= 15 is 0 Å². The molecule has 2 saturated heterocycles. The molecule has 8 heteroatoms. The highest BCUT2D eigenvalue weighted by atomic mass is 32.2. The molecule has 102 valence electrons. The number of hydrogen-bond acceptors (Lipinski definition) is 5. The average Bonchev–Trinajstić information content (AvgIpc) is 2.58. The minimum Gasteiger partial charge on any atom is -0.634 e. The summed E-state index contributed by atoms with van der Waals surface area (Å²) >= 11 is 0.986. The predicted octanol–water partition coefficient (Wildman–Crippen LogP) is -1.08. The number of carbonyl (C=O) groups is 2. The van der Waals surface area contributed by atoms with Gasteiger partial charge in [0.05, 0.1) is 6.42 Å². The van der Waals surface area contributed by atoms with Gasteiger partial charge >= 0.3 is 5.97 Å². The third-order valence-electron chi connectivity index (χ3n) is 3.96. The largest absolute Gasteiger partial charge is 0.634 e. The van der Waals surface area contributed by atoms with E-state index in [1.165, 1.54) is 0 Å². The Kier molecular flexibility index (Phi) is 3.65. The van der Waals surface area contributed by atoms with Crippen molar-refractivity contribution in [2.75, 3.05) is 12.4 Å². The molecule has 0 bridgehead atoms. The lowest BCUT2D eigenvalue weighted by Gasteiger charge is -2.55. The number of nitrogens with one attached hydrogen (secondary N) is 1. The SMILES string of the molecule is CC1C(CCC(=O)O)[NH+]([O-])CC2C(=O)SC[N+]21[O-]. The van der Waals surface area contributed by atoms with Gasteiger partial charge in [0.25, 0.3) is 5.12 Å². The lowest BCUT2D eigenvalue weighted by Crippen LogP contribution is -3.17. The number of aliphatic carboxylic acids is 1. The van der Waals surface area contributed by atoms with Crippen LogP contribution in [0.15, 0.2) is 0 Å². The van der Waals surface area contributed by atoms with E-state index in [0.29, 0.717) is 0 Å². The van der Waals surface area contributed by atoms with Gasteiger partial charge in [-0.3, -0.25) is 9.59 Å². The Morgan fingerprint density at radius 2 is 2.33 bits per heavy atom. The lowest BCUT2D eigenvalue weighted by atomic mass is 9.97. The molecular weight excluding hydrogens is 260 g/mol. The van der Waals surface area contributed by atoms with Crippen LogP contribution in [0.1, 0.15) is 19.8 Å². The zero-order valence-corrected chi connectivity index (χ0v) is 10.8. The molecule has 2 fully saturated rings. The van der Waals surface area contributed by atoms with Crippen molar-refractivity contribution < 1.29 is 24.4 Å². The first-order chi connectivity index (χ1) is 8.36. The van der Waals surface area contributed by atoms with Crippen molar-refractivity contribution in [2.45, 2.75) is 37.9 Å². The number of carboxylic acid groups (broad SMARTS) is 1. The second kappa shape index (κ2) is 4.78. The Labute approximate surface area is 108 Å². The molecule has 0 spiro atoms. The van der Waals surface area contributed by atoms with Gasteiger partial charge in [-0.05, 0) is 18.7 Å². The summed E-state index contributed by atoms with van der Waals surface area (Å²) in [6.45, 7) is 1.62. The maximum absolute atomic E-state index is 12.6. The highest BCUT2D eigenvalue weighted by molar-refractivity contribution is 8.13. The Morgan fingerprint density at radius 3 is 2.94 bits per heavy atom. The third-order valence-corrected chi connectivity index (χ3v) is 5.05. The third kappa shape index (κ3) is 2.14. The molecule has 0 aromatic rings. The molecule has 2 rings (SSSR count). The van der Waals surface area contributed by atoms with Gasteiger partial charge in [0.2, 0.25) is 6.04 Å². The van der Waals surface area contributed by atoms with Crippen molar-refractivity contribution in [1.29, 1.82) is 0 Å². The van der Waals surface area contributed by atoms with Gasteiger partial charge in [0.15, 0.2) is 0 Å². The monoisotopic (exact) mass is 276 g/mol. The molecule has 0 aromatic carbocycles. The average molecular weight is 276 g/mol. The maximum Gasteiger partial charge on any atom is 0.303 e. The van der Waals surface area contributed by atoms with Crippen LogP contribution in [-0.2, 0) is 9.59 Å². The number of quaternary nitrogens is 2. The number of fused-ring (bicyclic) bond motifs is 1. The number of carbonyl (C=O) groups excluding carboxylic acids is 1. The van der Waals surface area contributed by atoms with Crippen molar-refractivity contribution in [3.8, 4) is 0 Å². The second-order valence-electron chi connectivity index (χ2n) is 4.91. The van der Waals surface area contributed by atoms with Crippen LogP contribution in [0.4, 0.5) is 0 Å². The summed E-state index contributed by atoms with van der Waals surface area (Å²) in [5.41, 5.74) is 0. The fraction of sp³-hybridized carbons (Fsp3) is 0.800. The van der Waals surface area contributed by atoms with E-state index < -0.39 is 28.7 Å². The van der Waals surface area contributed by atoms with E-state index in [-0.39, 0.29) is 35.4 Å². The van der Waals surface area contributed by atoms with Crippen LogP contribution in [0.25, 0.3) is 0 Å². The molecule has 0 amide bonds. The van der Waals surface area contributed by atoms with Crippen LogP contribution in [0.2, 0.25) is 0 Å². The summed E-state index contributed by atoms with van der Waals surface area (Å²) in [6, 6.07) is -1.85. The first-order valence-corrected chi connectivity index (χ1v) is 6.84. The van der Waals surface area contributed by atoms with Crippen LogP contribution >= 0.6 is 11.8 Å². The Bertz CT molecular complexity index is 379. The standard InChI is InChI=1S/C10H16N2O5S/c1-6-7(2-3-9(13)14)11(16)4-8-10(15)18-5-12(6,8)17/h6-8,11H,2-5H2,1H3,(H,13,14). The molecule has 7 nitrogen and oxygen atoms in total. The maximum atomic E-state index is 12.6. The van der Waals surface area contributed by atoms with E-state index in [9.17, 15) is 20.0 Å². The topological polar surface area (TPSA) is 105 Å². The second-order valence-corrected chi connectivity index (χ2v) is 5.86.